The van der Waals surface area contributed by atoms with E-state index in [4.69, 9.17) is 11.6 Å². The molecule has 0 fully saturated rings. The lowest BCUT2D eigenvalue weighted by molar-refractivity contribution is 0.174. The van der Waals surface area contributed by atoms with E-state index in [1.165, 1.54) is 18.4 Å². The van der Waals surface area contributed by atoms with Crippen molar-refractivity contribution in [2.45, 2.75) is 17.5 Å². The van der Waals surface area contributed by atoms with Crippen LogP contribution in [-0.4, -0.2) is 38.5 Å². The topological polar surface area (TPSA) is 69.6 Å². The maximum atomic E-state index is 12.1. The molecule has 5 nitrogen and oxygen atoms in total. The van der Waals surface area contributed by atoms with Gasteiger partial charge in [0.25, 0.3) is 0 Å². The Labute approximate surface area is 147 Å². The number of benzene rings is 2. The molecule has 2 aromatic carbocycles. The largest absolute Gasteiger partial charge is 0.387 e. The Bertz CT molecular complexity index is 794. The molecule has 0 radical (unpaired) electrons. The summed E-state index contributed by atoms with van der Waals surface area (Å²) >= 11 is 5.91. The van der Waals surface area contributed by atoms with Crippen molar-refractivity contribution in [3.63, 3.8) is 0 Å². The molecule has 0 aliphatic carbocycles. The number of nitrogens with zero attached hydrogens (tertiary/aromatic N) is 1. The monoisotopic (exact) mass is 368 g/mol. The smallest absolute Gasteiger partial charge is 0.242 e. The number of aliphatic hydroxyl groups excluding tert-OH is 1. The van der Waals surface area contributed by atoms with E-state index >= 15 is 0 Å². The molecule has 0 amide bonds. The molecule has 2 aromatic rings. The molecule has 0 aliphatic heterocycles. The number of hydrogen-bond donors (Lipinski definition) is 2. The van der Waals surface area contributed by atoms with E-state index in [1.807, 2.05) is 12.1 Å². The van der Waals surface area contributed by atoms with Gasteiger partial charge in [-0.1, -0.05) is 35.9 Å². The second-order valence-corrected chi connectivity index (χ2v) is 8.22. The third kappa shape index (κ3) is 4.78. The van der Waals surface area contributed by atoms with Crippen LogP contribution in [0.5, 0.6) is 0 Å². The fourth-order valence-electron chi connectivity index (χ4n) is 2.21. The molecular formula is C17H21ClN2O3S. The molecule has 7 heteroatoms. The average molecular weight is 369 g/mol. The lowest BCUT2D eigenvalue weighted by Gasteiger charge is -2.14. The zero-order chi connectivity index (χ0) is 17.7. The van der Waals surface area contributed by atoms with Gasteiger partial charge in [-0.05, 0) is 35.4 Å². The van der Waals surface area contributed by atoms with Crippen molar-refractivity contribution < 1.29 is 13.5 Å². The maximum Gasteiger partial charge on any atom is 0.242 e. The molecule has 0 aromatic heterocycles. The van der Waals surface area contributed by atoms with E-state index in [0.29, 0.717) is 18.1 Å². The summed E-state index contributed by atoms with van der Waals surface area (Å²) in [5.74, 6) is 0. The van der Waals surface area contributed by atoms with Gasteiger partial charge in [-0.25, -0.2) is 12.7 Å². The number of sulfonamides is 1. The first-order valence-electron chi connectivity index (χ1n) is 7.46. The lowest BCUT2D eigenvalue weighted by atomic mass is 10.1. The molecule has 0 spiro atoms. The Hall–Kier alpha value is -1.44. The highest BCUT2D eigenvalue weighted by Crippen LogP contribution is 2.18. The third-order valence-corrected chi connectivity index (χ3v) is 5.62. The highest BCUT2D eigenvalue weighted by atomic mass is 35.5. The highest BCUT2D eigenvalue weighted by Gasteiger charge is 2.17. The van der Waals surface area contributed by atoms with Crippen LogP contribution in [0.15, 0.2) is 53.4 Å². The predicted molar refractivity (Wildman–Crippen MR) is 95.4 cm³/mol. The van der Waals surface area contributed by atoms with Gasteiger partial charge >= 0.3 is 0 Å². The van der Waals surface area contributed by atoms with Crippen molar-refractivity contribution in [3.8, 4) is 0 Å². The van der Waals surface area contributed by atoms with Crippen molar-refractivity contribution in [1.82, 2.24) is 9.62 Å². The summed E-state index contributed by atoms with van der Waals surface area (Å²) in [7, 11) is -0.444. The van der Waals surface area contributed by atoms with Crippen molar-refractivity contribution in [2.24, 2.45) is 0 Å². The first-order valence-corrected chi connectivity index (χ1v) is 9.28. The van der Waals surface area contributed by atoms with Crippen LogP contribution in [0.3, 0.4) is 0 Å². The fourth-order valence-corrected chi connectivity index (χ4v) is 3.38. The van der Waals surface area contributed by atoms with Crippen LogP contribution in [0.4, 0.5) is 0 Å². The van der Waals surface area contributed by atoms with Crippen LogP contribution in [-0.2, 0) is 16.6 Å². The fraction of sp³-hybridized carbons (Fsp3) is 0.294. The number of aliphatic hydroxyl groups is 1. The summed E-state index contributed by atoms with van der Waals surface area (Å²) in [5, 5.41) is 13.9. The van der Waals surface area contributed by atoms with E-state index in [2.05, 4.69) is 5.32 Å². The van der Waals surface area contributed by atoms with Gasteiger partial charge < -0.3 is 10.4 Å². The van der Waals surface area contributed by atoms with Gasteiger partial charge in [-0.3, -0.25) is 0 Å². The zero-order valence-corrected chi connectivity index (χ0v) is 15.2. The van der Waals surface area contributed by atoms with Crippen molar-refractivity contribution in [1.29, 1.82) is 0 Å². The molecule has 0 saturated heterocycles. The minimum absolute atomic E-state index is 0.252. The molecule has 130 valence electrons. The van der Waals surface area contributed by atoms with E-state index in [-0.39, 0.29) is 4.90 Å². The van der Waals surface area contributed by atoms with Gasteiger partial charge in [0.1, 0.15) is 0 Å². The van der Waals surface area contributed by atoms with Crippen LogP contribution in [0.25, 0.3) is 0 Å². The van der Waals surface area contributed by atoms with Crippen molar-refractivity contribution >= 4 is 21.6 Å². The third-order valence-electron chi connectivity index (χ3n) is 3.58. The summed E-state index contributed by atoms with van der Waals surface area (Å²) < 4.78 is 25.5. The molecule has 2 rings (SSSR count). The molecule has 0 saturated carbocycles. The molecule has 0 unspecified atom stereocenters. The van der Waals surface area contributed by atoms with Crippen LogP contribution >= 0.6 is 11.6 Å². The average Bonchev–Trinajstić information content (AvgIpc) is 2.55. The van der Waals surface area contributed by atoms with Gasteiger partial charge in [0.05, 0.1) is 11.0 Å². The Morgan fingerprint density at radius 1 is 1.17 bits per heavy atom. The first-order chi connectivity index (χ1) is 11.3. The van der Waals surface area contributed by atoms with Gasteiger partial charge in [0.15, 0.2) is 0 Å². The molecule has 24 heavy (non-hydrogen) atoms. The molecule has 0 bridgehead atoms. The standard InChI is InChI=1S/C17H21ClN2O3S/c1-20(2)24(22,23)16-8-3-5-13(9-16)11-19-12-17(21)14-6-4-7-15(18)10-14/h3-10,17,19,21H,11-12H2,1-2H3/t17-/m1/s1. The SMILES string of the molecule is CN(C)S(=O)(=O)c1cccc(CNC[C@@H](O)c2cccc(Cl)c2)c1. The Morgan fingerprint density at radius 3 is 2.54 bits per heavy atom. The molecule has 0 aliphatic rings. The van der Waals surface area contributed by atoms with E-state index in [0.717, 1.165) is 11.1 Å². The molecular weight excluding hydrogens is 348 g/mol. The van der Waals surface area contributed by atoms with Crippen LogP contribution < -0.4 is 5.32 Å². The molecule has 2 N–H and O–H groups in total. The maximum absolute atomic E-state index is 12.1. The number of nitrogens with one attached hydrogen (secondary N) is 1. The summed E-state index contributed by atoms with van der Waals surface area (Å²) in [6.45, 7) is 0.791. The van der Waals surface area contributed by atoms with Crippen LogP contribution in [0, 0.1) is 0 Å². The Morgan fingerprint density at radius 2 is 1.88 bits per heavy atom. The summed E-state index contributed by atoms with van der Waals surface area (Å²) in [6, 6.07) is 13.8. The minimum atomic E-state index is -3.45. The quantitative estimate of drug-likeness (QED) is 0.787. The molecule has 0 heterocycles. The summed E-state index contributed by atoms with van der Waals surface area (Å²) in [4.78, 5) is 0.252. The lowest BCUT2D eigenvalue weighted by Crippen LogP contribution is -2.23. The predicted octanol–water partition coefficient (Wildman–Crippen LogP) is 2.41. The summed E-state index contributed by atoms with van der Waals surface area (Å²) in [5.41, 5.74) is 1.56. The van der Waals surface area contributed by atoms with E-state index < -0.39 is 16.1 Å². The van der Waals surface area contributed by atoms with Gasteiger partial charge in [-0.2, -0.15) is 0 Å². The van der Waals surface area contributed by atoms with Gasteiger partial charge in [-0.15, -0.1) is 0 Å². The first kappa shape index (κ1) is 18.9. The van der Waals surface area contributed by atoms with Crippen LogP contribution in [0.1, 0.15) is 17.2 Å². The second kappa shape index (κ2) is 8.09. The van der Waals surface area contributed by atoms with E-state index in [1.54, 1.807) is 36.4 Å². The summed E-state index contributed by atoms with van der Waals surface area (Å²) in [6.07, 6.45) is -0.683. The highest BCUT2D eigenvalue weighted by molar-refractivity contribution is 7.89. The van der Waals surface area contributed by atoms with Gasteiger partial charge in [0.2, 0.25) is 10.0 Å². The Balaban J connectivity index is 1.98. The van der Waals surface area contributed by atoms with Crippen molar-refractivity contribution in [3.05, 3.63) is 64.7 Å². The second-order valence-electron chi connectivity index (χ2n) is 5.64. The van der Waals surface area contributed by atoms with Crippen LogP contribution in [0.2, 0.25) is 5.02 Å². The number of rotatable bonds is 7. The normalized spacial score (nSPS) is 13.2. The number of halogens is 1. The van der Waals surface area contributed by atoms with E-state index in [9.17, 15) is 13.5 Å². The zero-order valence-electron chi connectivity index (χ0n) is 13.6. The Kier molecular flexibility index (Phi) is 6.37. The van der Waals surface area contributed by atoms with Crippen molar-refractivity contribution in [2.75, 3.05) is 20.6 Å². The number of hydrogen-bond acceptors (Lipinski definition) is 4. The van der Waals surface area contributed by atoms with Gasteiger partial charge in [0, 0.05) is 32.2 Å². The minimum Gasteiger partial charge on any atom is -0.387 e. The molecule has 1 atom stereocenters.